The van der Waals surface area contributed by atoms with Crippen LogP contribution >= 0.6 is 0 Å². The summed E-state index contributed by atoms with van der Waals surface area (Å²) < 4.78 is 34.9. The first kappa shape index (κ1) is 14.2. The van der Waals surface area contributed by atoms with Crippen molar-refractivity contribution in [3.8, 4) is 0 Å². The zero-order valence-electron chi connectivity index (χ0n) is 9.93. The zero-order valence-corrected chi connectivity index (χ0v) is 10.7. The van der Waals surface area contributed by atoms with Crippen molar-refractivity contribution in [1.82, 2.24) is 0 Å². The molecule has 5 heteroatoms. The minimum Gasteiger partial charge on any atom is -0.377 e. The van der Waals surface area contributed by atoms with Crippen molar-refractivity contribution < 1.29 is 17.7 Å². The number of hydrogen-bond acceptors (Lipinski definition) is 3. The van der Waals surface area contributed by atoms with Gasteiger partial charge < -0.3 is 4.74 Å². The van der Waals surface area contributed by atoms with E-state index in [1.165, 1.54) is 0 Å². The fourth-order valence-electron chi connectivity index (χ4n) is 1.48. The van der Waals surface area contributed by atoms with E-state index in [4.69, 9.17) is 9.29 Å². The molecule has 1 aromatic carbocycles. The van der Waals surface area contributed by atoms with Crippen LogP contribution in [0.2, 0.25) is 0 Å². The molecule has 0 heterocycles. The number of rotatable bonds is 7. The second-order valence-corrected chi connectivity index (χ2v) is 5.42. The van der Waals surface area contributed by atoms with E-state index in [-0.39, 0.29) is 5.75 Å². The van der Waals surface area contributed by atoms with Crippen LogP contribution in [0.15, 0.2) is 24.3 Å². The Hall–Kier alpha value is -0.910. The molecule has 0 aromatic heterocycles. The number of aryl methyl sites for hydroxylation is 1. The fraction of sp³-hybridized carbons (Fsp3) is 0.500. The summed E-state index contributed by atoms with van der Waals surface area (Å²) in [5, 5.41) is 0. The summed E-state index contributed by atoms with van der Waals surface area (Å²) in [5.74, 6) is -0.187. The van der Waals surface area contributed by atoms with E-state index >= 15 is 0 Å². The monoisotopic (exact) mass is 258 g/mol. The Labute approximate surface area is 102 Å². The van der Waals surface area contributed by atoms with Crippen LogP contribution in [0.5, 0.6) is 0 Å². The van der Waals surface area contributed by atoms with Crippen LogP contribution in [-0.2, 0) is 27.9 Å². The molecule has 0 aliphatic rings. The van der Waals surface area contributed by atoms with E-state index in [0.29, 0.717) is 26.1 Å². The lowest BCUT2D eigenvalue weighted by Gasteiger charge is -2.04. The Balaban J connectivity index is 2.40. The molecule has 0 atom stereocenters. The standard InChI is InChI=1S/C12H18O4S/c1-2-16-10-12-7-5-11(6-8-12)4-3-9-17(13,14)15/h5-8H,2-4,9-10H2,1H3,(H,13,14,15). The number of hydrogen-bond donors (Lipinski definition) is 1. The van der Waals surface area contributed by atoms with Crippen molar-refractivity contribution in [2.75, 3.05) is 12.4 Å². The van der Waals surface area contributed by atoms with Gasteiger partial charge in [-0.15, -0.1) is 0 Å². The van der Waals surface area contributed by atoms with Gasteiger partial charge in [0.05, 0.1) is 12.4 Å². The SMILES string of the molecule is CCOCc1ccc(CCCS(=O)(=O)O)cc1. The van der Waals surface area contributed by atoms with Gasteiger partial charge >= 0.3 is 0 Å². The second-order valence-electron chi connectivity index (χ2n) is 3.84. The minimum atomic E-state index is -3.83. The van der Waals surface area contributed by atoms with E-state index in [1.807, 2.05) is 31.2 Å². The molecular weight excluding hydrogens is 240 g/mol. The van der Waals surface area contributed by atoms with Gasteiger partial charge in [-0.2, -0.15) is 8.42 Å². The van der Waals surface area contributed by atoms with Crippen LogP contribution in [0.4, 0.5) is 0 Å². The van der Waals surface area contributed by atoms with Crippen molar-refractivity contribution >= 4 is 10.1 Å². The van der Waals surface area contributed by atoms with E-state index in [2.05, 4.69) is 0 Å². The quantitative estimate of drug-likeness (QED) is 0.760. The fourth-order valence-corrected chi connectivity index (χ4v) is 1.99. The van der Waals surface area contributed by atoms with Gasteiger partial charge in [-0.1, -0.05) is 24.3 Å². The molecule has 0 unspecified atom stereocenters. The lowest BCUT2D eigenvalue weighted by Crippen LogP contribution is -2.04. The van der Waals surface area contributed by atoms with Crippen LogP contribution in [0.1, 0.15) is 24.5 Å². The Morgan fingerprint density at radius 2 is 1.76 bits per heavy atom. The third kappa shape index (κ3) is 6.41. The number of ether oxygens (including phenoxy) is 1. The van der Waals surface area contributed by atoms with Crippen molar-refractivity contribution in [2.45, 2.75) is 26.4 Å². The van der Waals surface area contributed by atoms with Gasteiger partial charge in [0.1, 0.15) is 0 Å². The Morgan fingerprint density at radius 3 is 2.29 bits per heavy atom. The molecule has 0 bridgehead atoms. The molecule has 1 rings (SSSR count). The summed E-state index contributed by atoms with van der Waals surface area (Å²) in [6.07, 6.45) is 1.08. The molecule has 0 aliphatic heterocycles. The Bertz CT molecular complexity index is 422. The third-order valence-electron chi connectivity index (χ3n) is 2.36. The average Bonchev–Trinajstić information content (AvgIpc) is 2.26. The molecule has 96 valence electrons. The molecule has 0 spiro atoms. The van der Waals surface area contributed by atoms with Gasteiger partial charge in [0.15, 0.2) is 0 Å². The molecule has 0 saturated heterocycles. The number of benzene rings is 1. The maximum atomic E-state index is 10.5. The van der Waals surface area contributed by atoms with Gasteiger partial charge in [-0.3, -0.25) is 4.55 Å². The average molecular weight is 258 g/mol. The lowest BCUT2D eigenvalue weighted by molar-refractivity contribution is 0.134. The highest BCUT2D eigenvalue weighted by Crippen LogP contribution is 2.08. The lowest BCUT2D eigenvalue weighted by atomic mass is 10.1. The maximum absolute atomic E-state index is 10.5. The Morgan fingerprint density at radius 1 is 1.18 bits per heavy atom. The summed E-state index contributed by atoms with van der Waals surface area (Å²) in [6.45, 7) is 3.24. The van der Waals surface area contributed by atoms with Crippen LogP contribution in [0, 0.1) is 0 Å². The summed E-state index contributed by atoms with van der Waals surface area (Å²) in [4.78, 5) is 0. The summed E-state index contributed by atoms with van der Waals surface area (Å²) in [7, 11) is -3.83. The molecule has 0 amide bonds. The van der Waals surface area contributed by atoms with Crippen LogP contribution in [0.3, 0.4) is 0 Å². The van der Waals surface area contributed by atoms with Gasteiger partial charge in [0.2, 0.25) is 0 Å². The van der Waals surface area contributed by atoms with Crippen LogP contribution in [-0.4, -0.2) is 25.3 Å². The van der Waals surface area contributed by atoms with Crippen molar-refractivity contribution in [2.24, 2.45) is 0 Å². The van der Waals surface area contributed by atoms with Crippen molar-refractivity contribution in [1.29, 1.82) is 0 Å². The summed E-state index contributed by atoms with van der Waals surface area (Å²) in [5.41, 5.74) is 2.17. The van der Waals surface area contributed by atoms with Crippen molar-refractivity contribution in [3.05, 3.63) is 35.4 Å². The molecule has 1 aromatic rings. The highest BCUT2D eigenvalue weighted by molar-refractivity contribution is 7.85. The molecule has 17 heavy (non-hydrogen) atoms. The largest absolute Gasteiger partial charge is 0.377 e. The van der Waals surface area contributed by atoms with Crippen molar-refractivity contribution in [3.63, 3.8) is 0 Å². The zero-order chi connectivity index (χ0) is 12.7. The smallest absolute Gasteiger partial charge is 0.264 e. The van der Waals surface area contributed by atoms with E-state index in [0.717, 1.165) is 11.1 Å². The van der Waals surface area contributed by atoms with Gasteiger partial charge in [0.25, 0.3) is 10.1 Å². The summed E-state index contributed by atoms with van der Waals surface area (Å²) in [6, 6.07) is 7.85. The molecular formula is C12H18O4S. The predicted molar refractivity (Wildman–Crippen MR) is 66.5 cm³/mol. The van der Waals surface area contributed by atoms with E-state index in [9.17, 15) is 8.42 Å². The van der Waals surface area contributed by atoms with Gasteiger partial charge in [0, 0.05) is 6.61 Å². The highest BCUT2D eigenvalue weighted by Gasteiger charge is 2.04. The highest BCUT2D eigenvalue weighted by atomic mass is 32.2. The second kappa shape index (κ2) is 6.74. The third-order valence-corrected chi connectivity index (χ3v) is 3.17. The topological polar surface area (TPSA) is 63.6 Å². The van der Waals surface area contributed by atoms with Crippen LogP contribution in [0.25, 0.3) is 0 Å². The molecule has 0 radical (unpaired) electrons. The van der Waals surface area contributed by atoms with E-state index < -0.39 is 10.1 Å². The Kier molecular flexibility index (Phi) is 5.61. The van der Waals surface area contributed by atoms with Gasteiger partial charge in [-0.05, 0) is 30.9 Å². The maximum Gasteiger partial charge on any atom is 0.264 e. The molecule has 0 saturated carbocycles. The summed E-state index contributed by atoms with van der Waals surface area (Å²) >= 11 is 0. The van der Waals surface area contributed by atoms with Crippen LogP contribution < -0.4 is 0 Å². The first-order chi connectivity index (χ1) is 8.01. The van der Waals surface area contributed by atoms with E-state index in [1.54, 1.807) is 0 Å². The molecule has 1 N–H and O–H groups in total. The molecule has 0 aliphatic carbocycles. The minimum absolute atomic E-state index is 0.187. The predicted octanol–water partition coefficient (Wildman–Crippen LogP) is 2.04. The first-order valence-corrected chi connectivity index (χ1v) is 7.23. The first-order valence-electron chi connectivity index (χ1n) is 5.62. The molecule has 4 nitrogen and oxygen atoms in total. The normalized spacial score (nSPS) is 11.6. The molecule has 0 fully saturated rings. The van der Waals surface area contributed by atoms with Gasteiger partial charge in [-0.25, -0.2) is 0 Å².